The normalized spacial score (nSPS) is 18.6. The molecule has 1 fully saturated rings. The van der Waals surface area contributed by atoms with E-state index in [1.807, 2.05) is 35.2 Å². The summed E-state index contributed by atoms with van der Waals surface area (Å²) in [5.74, 6) is 1.52. The van der Waals surface area contributed by atoms with Crippen molar-refractivity contribution in [1.29, 1.82) is 0 Å². The fraction of sp³-hybridized carbons (Fsp3) is 0.562. The van der Waals surface area contributed by atoms with Gasteiger partial charge in [-0.2, -0.15) is 0 Å². The predicted molar refractivity (Wildman–Crippen MR) is 77.5 cm³/mol. The van der Waals surface area contributed by atoms with E-state index in [1.54, 1.807) is 0 Å². The van der Waals surface area contributed by atoms with Crippen LogP contribution in [0.1, 0.15) is 38.3 Å². The zero-order chi connectivity index (χ0) is 13.8. The summed E-state index contributed by atoms with van der Waals surface area (Å²) in [6.07, 6.45) is 2.20. The number of nitrogens with zero attached hydrogens (tertiary/aromatic N) is 1. The van der Waals surface area contributed by atoms with Crippen LogP contribution in [0, 0.1) is 11.8 Å². The van der Waals surface area contributed by atoms with E-state index in [4.69, 9.17) is 5.73 Å². The summed E-state index contributed by atoms with van der Waals surface area (Å²) in [7, 11) is 0. The third-order valence-electron chi connectivity index (χ3n) is 4.22. The van der Waals surface area contributed by atoms with Crippen molar-refractivity contribution >= 4 is 5.91 Å². The van der Waals surface area contributed by atoms with E-state index in [0.29, 0.717) is 5.92 Å². The monoisotopic (exact) mass is 260 g/mol. The van der Waals surface area contributed by atoms with E-state index >= 15 is 0 Å². The van der Waals surface area contributed by atoms with Gasteiger partial charge in [0.05, 0.1) is 0 Å². The standard InChI is InChI=1S/C16H24N2O/c1-12(2)13-8-10-18(11-9-13)16(19)15(17)14-6-4-3-5-7-14/h3-7,12-13,15H,8-11,17H2,1-2H3. The Hall–Kier alpha value is -1.35. The molecule has 104 valence electrons. The summed E-state index contributed by atoms with van der Waals surface area (Å²) in [6.45, 7) is 6.22. The molecule has 1 aromatic carbocycles. The van der Waals surface area contributed by atoms with Crippen molar-refractivity contribution in [2.45, 2.75) is 32.7 Å². The van der Waals surface area contributed by atoms with Gasteiger partial charge in [-0.1, -0.05) is 44.2 Å². The minimum Gasteiger partial charge on any atom is -0.341 e. The molecule has 0 bridgehead atoms. The van der Waals surface area contributed by atoms with Gasteiger partial charge in [-0.3, -0.25) is 4.79 Å². The highest BCUT2D eigenvalue weighted by molar-refractivity contribution is 5.83. The number of carbonyl (C=O) groups is 1. The number of hydrogen-bond acceptors (Lipinski definition) is 2. The summed E-state index contributed by atoms with van der Waals surface area (Å²) < 4.78 is 0. The molecule has 1 aliphatic rings. The smallest absolute Gasteiger partial charge is 0.244 e. The van der Waals surface area contributed by atoms with Crippen molar-refractivity contribution < 1.29 is 4.79 Å². The second-order valence-electron chi connectivity index (χ2n) is 5.80. The minimum atomic E-state index is -0.517. The second-order valence-corrected chi connectivity index (χ2v) is 5.80. The molecule has 1 heterocycles. The quantitative estimate of drug-likeness (QED) is 0.908. The number of hydrogen-bond donors (Lipinski definition) is 1. The Bertz CT molecular complexity index is 408. The molecule has 2 N–H and O–H groups in total. The molecule has 0 radical (unpaired) electrons. The van der Waals surface area contributed by atoms with Gasteiger partial charge in [0.25, 0.3) is 0 Å². The number of piperidine rings is 1. The fourth-order valence-corrected chi connectivity index (χ4v) is 2.79. The van der Waals surface area contributed by atoms with E-state index in [2.05, 4.69) is 13.8 Å². The fourth-order valence-electron chi connectivity index (χ4n) is 2.79. The summed E-state index contributed by atoms with van der Waals surface area (Å²) in [6, 6.07) is 9.11. The first-order valence-corrected chi connectivity index (χ1v) is 7.19. The molecule has 3 nitrogen and oxygen atoms in total. The third kappa shape index (κ3) is 3.35. The van der Waals surface area contributed by atoms with Crippen LogP contribution in [0.2, 0.25) is 0 Å². The Labute approximate surface area is 115 Å². The lowest BCUT2D eigenvalue weighted by atomic mass is 9.86. The zero-order valence-corrected chi connectivity index (χ0v) is 11.9. The Morgan fingerprint density at radius 2 is 1.79 bits per heavy atom. The van der Waals surface area contributed by atoms with Crippen molar-refractivity contribution in [1.82, 2.24) is 4.90 Å². The number of rotatable bonds is 3. The Kier molecular flexibility index (Phi) is 4.59. The molecule has 1 saturated heterocycles. The van der Waals surface area contributed by atoms with Crippen LogP contribution < -0.4 is 5.73 Å². The molecule has 2 rings (SSSR count). The van der Waals surface area contributed by atoms with Crippen LogP contribution in [0.25, 0.3) is 0 Å². The van der Waals surface area contributed by atoms with Gasteiger partial charge in [0.1, 0.15) is 6.04 Å². The van der Waals surface area contributed by atoms with Gasteiger partial charge in [0.2, 0.25) is 5.91 Å². The van der Waals surface area contributed by atoms with E-state index in [1.165, 1.54) is 0 Å². The largest absolute Gasteiger partial charge is 0.341 e. The van der Waals surface area contributed by atoms with Gasteiger partial charge in [-0.15, -0.1) is 0 Å². The van der Waals surface area contributed by atoms with Crippen molar-refractivity contribution in [2.75, 3.05) is 13.1 Å². The second kappa shape index (κ2) is 6.20. The molecule has 1 aliphatic heterocycles. The maximum absolute atomic E-state index is 12.4. The highest BCUT2D eigenvalue weighted by Gasteiger charge is 2.27. The highest BCUT2D eigenvalue weighted by atomic mass is 16.2. The summed E-state index contributed by atoms with van der Waals surface area (Å²) in [4.78, 5) is 14.3. The molecule has 0 spiro atoms. The van der Waals surface area contributed by atoms with E-state index < -0.39 is 6.04 Å². The summed E-state index contributed by atoms with van der Waals surface area (Å²) >= 11 is 0. The number of likely N-dealkylation sites (tertiary alicyclic amines) is 1. The maximum atomic E-state index is 12.4. The Balaban J connectivity index is 1.94. The summed E-state index contributed by atoms with van der Waals surface area (Å²) in [5, 5.41) is 0. The van der Waals surface area contributed by atoms with Crippen LogP contribution in [-0.4, -0.2) is 23.9 Å². The average molecular weight is 260 g/mol. The van der Waals surface area contributed by atoms with Crippen molar-refractivity contribution in [3.63, 3.8) is 0 Å². The molecular formula is C16H24N2O. The van der Waals surface area contributed by atoms with E-state index in [-0.39, 0.29) is 5.91 Å². The molecule has 1 aromatic rings. The molecule has 0 aliphatic carbocycles. The van der Waals surface area contributed by atoms with Crippen LogP contribution >= 0.6 is 0 Å². The number of amides is 1. The molecule has 3 heteroatoms. The SMILES string of the molecule is CC(C)C1CCN(C(=O)C(N)c2ccccc2)CC1. The van der Waals surface area contributed by atoms with Crippen LogP contribution in [0.5, 0.6) is 0 Å². The number of nitrogens with two attached hydrogens (primary N) is 1. The van der Waals surface area contributed by atoms with Crippen LogP contribution in [-0.2, 0) is 4.79 Å². The molecule has 1 atom stereocenters. The maximum Gasteiger partial charge on any atom is 0.244 e. The van der Waals surface area contributed by atoms with Crippen molar-refractivity contribution in [2.24, 2.45) is 17.6 Å². The van der Waals surface area contributed by atoms with Crippen LogP contribution in [0.15, 0.2) is 30.3 Å². The zero-order valence-electron chi connectivity index (χ0n) is 11.9. The minimum absolute atomic E-state index is 0.0633. The van der Waals surface area contributed by atoms with Gasteiger partial charge in [0, 0.05) is 13.1 Å². The van der Waals surface area contributed by atoms with Gasteiger partial charge < -0.3 is 10.6 Å². The lowest BCUT2D eigenvalue weighted by Crippen LogP contribution is -2.43. The molecule has 19 heavy (non-hydrogen) atoms. The Morgan fingerprint density at radius 1 is 1.21 bits per heavy atom. The first-order valence-electron chi connectivity index (χ1n) is 7.19. The van der Waals surface area contributed by atoms with Gasteiger partial charge in [0.15, 0.2) is 0 Å². The van der Waals surface area contributed by atoms with Crippen molar-refractivity contribution in [3.8, 4) is 0 Å². The van der Waals surface area contributed by atoms with Crippen molar-refractivity contribution in [3.05, 3.63) is 35.9 Å². The topological polar surface area (TPSA) is 46.3 Å². The predicted octanol–water partition coefficient (Wildman–Crippen LogP) is 2.58. The summed E-state index contributed by atoms with van der Waals surface area (Å²) in [5.41, 5.74) is 6.97. The Morgan fingerprint density at radius 3 is 2.32 bits per heavy atom. The lowest BCUT2D eigenvalue weighted by molar-refractivity contribution is -0.134. The highest BCUT2D eigenvalue weighted by Crippen LogP contribution is 2.25. The van der Waals surface area contributed by atoms with Gasteiger partial charge >= 0.3 is 0 Å². The van der Waals surface area contributed by atoms with E-state index in [9.17, 15) is 4.79 Å². The number of benzene rings is 1. The van der Waals surface area contributed by atoms with Crippen LogP contribution in [0.3, 0.4) is 0 Å². The van der Waals surface area contributed by atoms with Gasteiger partial charge in [-0.25, -0.2) is 0 Å². The molecule has 1 amide bonds. The first kappa shape index (κ1) is 14.1. The third-order valence-corrected chi connectivity index (χ3v) is 4.22. The average Bonchev–Trinajstić information content (AvgIpc) is 2.46. The van der Waals surface area contributed by atoms with Crippen LogP contribution in [0.4, 0.5) is 0 Å². The first-order chi connectivity index (χ1) is 9.09. The molecule has 1 unspecified atom stereocenters. The lowest BCUT2D eigenvalue weighted by Gasteiger charge is -2.35. The van der Waals surface area contributed by atoms with Gasteiger partial charge in [-0.05, 0) is 30.2 Å². The number of carbonyl (C=O) groups excluding carboxylic acids is 1. The molecule has 0 saturated carbocycles. The van der Waals surface area contributed by atoms with E-state index in [0.717, 1.165) is 37.4 Å². The molecular weight excluding hydrogens is 236 g/mol. The molecule has 0 aromatic heterocycles.